The maximum Gasteiger partial charge on any atom is 0.251 e. The summed E-state index contributed by atoms with van der Waals surface area (Å²) in [5.41, 5.74) is 3.04. The van der Waals surface area contributed by atoms with Crippen LogP contribution < -0.4 is 10.6 Å². The van der Waals surface area contributed by atoms with Crippen LogP contribution in [-0.2, 0) is 4.79 Å². The number of benzene rings is 3. The van der Waals surface area contributed by atoms with Gasteiger partial charge >= 0.3 is 0 Å². The molecule has 2 aliphatic heterocycles. The molecule has 0 radical (unpaired) electrons. The van der Waals surface area contributed by atoms with Gasteiger partial charge in [0.1, 0.15) is 0 Å². The second kappa shape index (κ2) is 10.6. The quantitative estimate of drug-likeness (QED) is 0.397. The molecule has 6 atom stereocenters. The number of fused-ring (bicyclic) bond motifs is 4. The number of amides is 2. The SMILES string of the molecule is O=C(N[C@@H]1CCCC[C@@H]1C(=O)N1CC[C@@H]2[C@H](C3C=CC=CC3)Nc3ccccc3[C@@H]21)c1ccc2ccccc2c1. The Kier molecular flexibility index (Phi) is 6.66. The molecule has 7 rings (SSSR count). The van der Waals surface area contributed by atoms with E-state index in [0.717, 1.165) is 61.5 Å². The van der Waals surface area contributed by atoms with Crippen LogP contribution in [0.25, 0.3) is 10.8 Å². The van der Waals surface area contributed by atoms with Gasteiger partial charge < -0.3 is 15.5 Å². The average molecular weight is 532 g/mol. The third kappa shape index (κ3) is 4.51. The van der Waals surface area contributed by atoms with Crippen molar-refractivity contribution < 1.29 is 9.59 Å². The number of nitrogens with zero attached hydrogens (tertiary/aromatic N) is 1. The highest BCUT2D eigenvalue weighted by Gasteiger charge is 2.49. The van der Waals surface area contributed by atoms with Crippen LogP contribution in [0.5, 0.6) is 0 Å². The van der Waals surface area contributed by atoms with Gasteiger partial charge in [-0.15, -0.1) is 0 Å². The molecule has 204 valence electrons. The monoisotopic (exact) mass is 531 g/mol. The summed E-state index contributed by atoms with van der Waals surface area (Å²) in [6, 6.07) is 22.7. The van der Waals surface area contributed by atoms with Crippen molar-refractivity contribution in [2.45, 2.75) is 56.7 Å². The van der Waals surface area contributed by atoms with Crippen LogP contribution in [0, 0.1) is 17.8 Å². The second-order valence-corrected chi connectivity index (χ2v) is 11.9. The highest BCUT2D eigenvalue weighted by Crippen LogP contribution is 2.49. The van der Waals surface area contributed by atoms with Gasteiger partial charge in [0.25, 0.3) is 5.91 Å². The summed E-state index contributed by atoms with van der Waals surface area (Å²) in [4.78, 5) is 30.0. The number of nitrogens with one attached hydrogen (secondary N) is 2. The van der Waals surface area contributed by atoms with E-state index in [9.17, 15) is 9.59 Å². The molecule has 5 nitrogen and oxygen atoms in total. The number of anilines is 1. The number of allylic oxidation sites excluding steroid dienone is 3. The van der Waals surface area contributed by atoms with Crippen LogP contribution in [0.4, 0.5) is 5.69 Å². The molecule has 4 aliphatic rings. The Morgan fingerprint density at radius 1 is 0.875 bits per heavy atom. The van der Waals surface area contributed by atoms with E-state index in [2.05, 4.69) is 70.2 Å². The number of hydrogen-bond acceptors (Lipinski definition) is 3. The molecule has 5 heteroatoms. The van der Waals surface area contributed by atoms with E-state index in [1.165, 1.54) is 5.56 Å². The molecule has 3 aromatic carbocycles. The number of carbonyl (C=O) groups excluding carboxylic acids is 2. The summed E-state index contributed by atoms with van der Waals surface area (Å²) in [6.45, 7) is 0.773. The summed E-state index contributed by atoms with van der Waals surface area (Å²) in [5, 5.41) is 9.33. The fraction of sp³-hybridized carbons (Fsp3) is 0.371. The van der Waals surface area contributed by atoms with Crippen molar-refractivity contribution in [1.29, 1.82) is 0 Å². The summed E-state index contributed by atoms with van der Waals surface area (Å²) in [5.74, 6) is 0.735. The lowest BCUT2D eigenvalue weighted by Crippen LogP contribution is -2.51. The van der Waals surface area contributed by atoms with Crippen molar-refractivity contribution in [1.82, 2.24) is 10.2 Å². The van der Waals surface area contributed by atoms with E-state index in [1.54, 1.807) is 0 Å². The molecule has 40 heavy (non-hydrogen) atoms. The van der Waals surface area contributed by atoms with Gasteiger partial charge in [0.05, 0.1) is 12.0 Å². The second-order valence-electron chi connectivity index (χ2n) is 11.9. The van der Waals surface area contributed by atoms with Crippen molar-refractivity contribution in [3.63, 3.8) is 0 Å². The van der Waals surface area contributed by atoms with Gasteiger partial charge in [0.2, 0.25) is 5.91 Å². The summed E-state index contributed by atoms with van der Waals surface area (Å²) >= 11 is 0. The van der Waals surface area contributed by atoms with Crippen molar-refractivity contribution in [2.24, 2.45) is 17.8 Å². The molecule has 0 aromatic heterocycles. The minimum Gasteiger partial charge on any atom is -0.381 e. The fourth-order valence-corrected chi connectivity index (χ4v) is 7.70. The molecule has 1 unspecified atom stereocenters. The van der Waals surface area contributed by atoms with Gasteiger partial charge in [0.15, 0.2) is 0 Å². The van der Waals surface area contributed by atoms with Crippen LogP contribution >= 0.6 is 0 Å². The highest BCUT2D eigenvalue weighted by atomic mass is 16.2. The van der Waals surface area contributed by atoms with Crippen LogP contribution in [0.1, 0.15) is 60.5 Å². The zero-order valence-electron chi connectivity index (χ0n) is 22.8. The average Bonchev–Trinajstić information content (AvgIpc) is 3.46. The molecule has 1 saturated heterocycles. The van der Waals surface area contributed by atoms with Gasteiger partial charge in [-0.2, -0.15) is 0 Å². The van der Waals surface area contributed by atoms with Crippen LogP contribution in [-0.4, -0.2) is 35.3 Å². The zero-order valence-corrected chi connectivity index (χ0v) is 22.8. The molecule has 0 bridgehead atoms. The molecule has 1 saturated carbocycles. The van der Waals surface area contributed by atoms with Gasteiger partial charge in [-0.25, -0.2) is 0 Å². The van der Waals surface area contributed by atoms with Gasteiger partial charge in [0, 0.05) is 41.7 Å². The Hall–Kier alpha value is -3.86. The predicted molar refractivity (Wildman–Crippen MR) is 160 cm³/mol. The Morgan fingerprint density at radius 3 is 2.58 bits per heavy atom. The first-order valence-corrected chi connectivity index (χ1v) is 15.0. The number of rotatable bonds is 4. The maximum absolute atomic E-state index is 14.4. The number of likely N-dealkylation sites (tertiary alicyclic amines) is 1. The van der Waals surface area contributed by atoms with Crippen LogP contribution in [0.15, 0.2) is 91.0 Å². The topological polar surface area (TPSA) is 61.4 Å². The first kappa shape index (κ1) is 25.1. The lowest BCUT2D eigenvalue weighted by molar-refractivity contribution is -0.139. The van der Waals surface area contributed by atoms with Crippen molar-refractivity contribution >= 4 is 28.3 Å². The van der Waals surface area contributed by atoms with E-state index < -0.39 is 0 Å². The molecule has 2 amide bonds. The predicted octanol–water partition coefficient (Wildman–Crippen LogP) is 6.64. The first-order chi connectivity index (χ1) is 19.7. The Labute approximate surface area is 236 Å². The van der Waals surface area contributed by atoms with E-state index in [0.29, 0.717) is 23.4 Å². The molecular formula is C35H37N3O2. The molecule has 2 heterocycles. The van der Waals surface area contributed by atoms with E-state index in [1.807, 2.05) is 36.4 Å². The largest absolute Gasteiger partial charge is 0.381 e. The Bertz CT molecular complexity index is 1490. The lowest BCUT2D eigenvalue weighted by atomic mass is 9.75. The first-order valence-electron chi connectivity index (χ1n) is 15.0. The van der Waals surface area contributed by atoms with E-state index >= 15 is 0 Å². The van der Waals surface area contributed by atoms with E-state index in [-0.39, 0.29) is 29.8 Å². The van der Waals surface area contributed by atoms with Gasteiger partial charge in [-0.3, -0.25) is 9.59 Å². The number of carbonyl (C=O) groups is 2. The van der Waals surface area contributed by atoms with Crippen molar-refractivity contribution in [3.05, 3.63) is 102 Å². The molecule has 3 aromatic rings. The summed E-state index contributed by atoms with van der Waals surface area (Å²) < 4.78 is 0. The van der Waals surface area contributed by atoms with Crippen LogP contribution in [0.3, 0.4) is 0 Å². The van der Waals surface area contributed by atoms with E-state index in [4.69, 9.17) is 0 Å². The lowest BCUT2D eigenvalue weighted by Gasteiger charge is -2.44. The molecule has 2 fully saturated rings. The summed E-state index contributed by atoms with van der Waals surface area (Å²) in [6.07, 6.45) is 14.6. The molecule has 2 aliphatic carbocycles. The maximum atomic E-state index is 14.4. The third-order valence-electron chi connectivity index (χ3n) is 9.68. The number of para-hydroxylation sites is 1. The minimum absolute atomic E-state index is 0.0769. The Balaban J connectivity index is 1.14. The standard InChI is InChI=1S/C35H37N3O2/c39-34(26-19-18-23-10-4-5-13-25(23)22-26)37-31-17-9-7-15-28(31)35(40)38-21-20-29-32(24-11-2-1-3-12-24)36-30-16-8-6-14-27(30)33(29)38/h1-6,8,10-11,13-14,16,18-19,22,24,28-29,31-33,36H,7,9,12,15,17,20-21H2,(H,37,39)/t24?,28-,29+,31+,32-,33-/m0/s1. The summed E-state index contributed by atoms with van der Waals surface area (Å²) in [7, 11) is 0. The number of hydrogen-bond donors (Lipinski definition) is 2. The highest BCUT2D eigenvalue weighted by molar-refractivity contribution is 5.99. The van der Waals surface area contributed by atoms with Crippen molar-refractivity contribution in [3.8, 4) is 0 Å². The zero-order chi connectivity index (χ0) is 27.1. The molecule has 0 spiro atoms. The van der Waals surface area contributed by atoms with Gasteiger partial charge in [-0.05, 0) is 60.2 Å². The van der Waals surface area contributed by atoms with Gasteiger partial charge in [-0.1, -0.05) is 85.7 Å². The fourth-order valence-electron chi connectivity index (χ4n) is 7.70. The molecule has 2 N–H and O–H groups in total. The third-order valence-corrected chi connectivity index (χ3v) is 9.68. The van der Waals surface area contributed by atoms with Crippen molar-refractivity contribution in [2.75, 3.05) is 11.9 Å². The Morgan fingerprint density at radius 2 is 1.70 bits per heavy atom. The van der Waals surface area contributed by atoms with Crippen LogP contribution in [0.2, 0.25) is 0 Å². The molecular weight excluding hydrogens is 494 g/mol. The minimum atomic E-state index is -0.185. The smallest absolute Gasteiger partial charge is 0.251 e. The normalized spacial score (nSPS) is 28.9.